The fourth-order valence-electron chi connectivity index (χ4n) is 3.38. The Balaban J connectivity index is 2.27. The third kappa shape index (κ3) is 8.38. The molecule has 0 spiro atoms. The van der Waals surface area contributed by atoms with Crippen molar-refractivity contribution in [1.29, 1.82) is 0 Å². The summed E-state index contributed by atoms with van der Waals surface area (Å²) in [6.45, 7) is 8.79. The van der Waals surface area contributed by atoms with Gasteiger partial charge < -0.3 is 25.2 Å². The van der Waals surface area contributed by atoms with Crippen LogP contribution in [0.2, 0.25) is 0 Å². The number of carbonyl (C=O) groups excluding carboxylic acids is 2. The fourth-order valence-corrected chi connectivity index (χ4v) is 3.38. The lowest BCUT2D eigenvalue weighted by atomic mass is 10.0. The summed E-state index contributed by atoms with van der Waals surface area (Å²) in [6.07, 6.45) is -1.53. The van der Waals surface area contributed by atoms with E-state index in [9.17, 15) is 19.5 Å². The zero-order valence-corrected chi connectivity index (χ0v) is 19.9. The van der Waals surface area contributed by atoms with Crippen molar-refractivity contribution in [1.82, 2.24) is 10.2 Å². The molecule has 33 heavy (non-hydrogen) atoms. The number of aliphatic carboxylic acids is 1. The normalized spacial score (nSPS) is 13.4. The molecule has 0 saturated carbocycles. The minimum Gasteiger partial charge on any atom is -0.479 e. The van der Waals surface area contributed by atoms with Gasteiger partial charge in [-0.15, -0.1) is 0 Å². The molecule has 0 bridgehead atoms. The molecule has 3 N–H and O–H groups in total. The third-order valence-electron chi connectivity index (χ3n) is 4.79. The monoisotopic (exact) mass is 458 g/mol. The second-order valence-corrected chi connectivity index (χ2v) is 9.57. The van der Waals surface area contributed by atoms with Gasteiger partial charge in [0.1, 0.15) is 11.6 Å². The summed E-state index contributed by atoms with van der Waals surface area (Å²) in [5, 5.41) is 23.6. The van der Waals surface area contributed by atoms with Gasteiger partial charge in [0.2, 0.25) is 0 Å². The summed E-state index contributed by atoms with van der Waals surface area (Å²) >= 11 is 0. The highest BCUT2D eigenvalue weighted by atomic mass is 16.6. The van der Waals surface area contributed by atoms with Gasteiger partial charge in [-0.1, -0.05) is 56.3 Å². The molecule has 2 rings (SSSR count). The molecule has 2 atom stereocenters. The van der Waals surface area contributed by atoms with E-state index in [4.69, 9.17) is 9.84 Å². The van der Waals surface area contributed by atoms with E-state index < -0.39 is 42.3 Å². The number of ether oxygens (including phenoxy) is 1. The van der Waals surface area contributed by atoms with E-state index in [0.29, 0.717) is 0 Å². The Kier molecular flexibility index (Phi) is 8.82. The van der Waals surface area contributed by atoms with Crippen molar-refractivity contribution in [2.24, 2.45) is 5.92 Å². The number of carboxylic acids is 1. The lowest BCUT2D eigenvalue weighted by molar-refractivity contribution is -0.157. The molecule has 0 aromatic heterocycles. The first-order valence-corrected chi connectivity index (χ1v) is 11.0. The highest BCUT2D eigenvalue weighted by Crippen LogP contribution is 2.18. The lowest BCUT2D eigenvalue weighted by Gasteiger charge is -2.29. The average molecular weight is 459 g/mol. The maximum absolute atomic E-state index is 13.0. The fraction of sp³-hybridized carbons (Fsp3) is 0.480. The Bertz CT molecular complexity index is 982. The summed E-state index contributed by atoms with van der Waals surface area (Å²) in [4.78, 5) is 38.3. The molecule has 0 saturated heterocycles. The molecule has 8 nitrogen and oxygen atoms in total. The average Bonchev–Trinajstić information content (AvgIpc) is 2.70. The van der Waals surface area contributed by atoms with E-state index in [1.807, 2.05) is 56.3 Å². The van der Waals surface area contributed by atoms with Crippen molar-refractivity contribution in [3.05, 3.63) is 48.0 Å². The SMILES string of the molecule is CC(C)CN(CC(O)C(=O)O)C(=O)N[C@@H](Cc1ccc2ccccc2c1)C(=O)OC(C)(C)C. The number of carboxylic acid groups (broad SMARTS) is 1. The number of hydrogen-bond acceptors (Lipinski definition) is 5. The Morgan fingerprint density at radius 3 is 2.24 bits per heavy atom. The van der Waals surface area contributed by atoms with Gasteiger partial charge in [0.05, 0.1) is 6.54 Å². The quantitative estimate of drug-likeness (QED) is 0.497. The lowest BCUT2D eigenvalue weighted by Crippen LogP contribution is -2.53. The Morgan fingerprint density at radius 1 is 1.03 bits per heavy atom. The number of benzene rings is 2. The van der Waals surface area contributed by atoms with Crippen molar-refractivity contribution in [3.8, 4) is 0 Å². The molecule has 2 aromatic rings. The zero-order valence-electron chi connectivity index (χ0n) is 19.9. The van der Waals surface area contributed by atoms with Crippen LogP contribution in [-0.2, 0) is 20.7 Å². The minimum atomic E-state index is -1.73. The van der Waals surface area contributed by atoms with Crippen LogP contribution >= 0.6 is 0 Å². The Labute approximate surface area is 194 Å². The Hall–Kier alpha value is -3.13. The first-order chi connectivity index (χ1) is 15.4. The number of rotatable bonds is 9. The Morgan fingerprint density at radius 2 is 1.67 bits per heavy atom. The number of nitrogens with one attached hydrogen (secondary N) is 1. The summed E-state index contributed by atoms with van der Waals surface area (Å²) in [6, 6.07) is 12.0. The molecule has 1 unspecified atom stereocenters. The number of aliphatic hydroxyl groups excluding tert-OH is 1. The van der Waals surface area contributed by atoms with E-state index >= 15 is 0 Å². The van der Waals surface area contributed by atoms with Gasteiger partial charge in [-0.3, -0.25) is 0 Å². The molecule has 2 amide bonds. The number of esters is 1. The smallest absolute Gasteiger partial charge is 0.334 e. The number of aliphatic hydroxyl groups is 1. The van der Waals surface area contributed by atoms with Crippen LogP contribution in [0.4, 0.5) is 4.79 Å². The first-order valence-electron chi connectivity index (χ1n) is 11.0. The molecule has 0 aliphatic rings. The maximum atomic E-state index is 13.0. The number of nitrogens with zero attached hydrogens (tertiary/aromatic N) is 1. The van der Waals surface area contributed by atoms with Crippen molar-refractivity contribution in [3.63, 3.8) is 0 Å². The number of urea groups is 1. The van der Waals surface area contributed by atoms with Crippen molar-refractivity contribution in [2.45, 2.75) is 58.8 Å². The molecule has 0 radical (unpaired) electrons. The predicted molar refractivity (Wildman–Crippen MR) is 126 cm³/mol. The molecule has 0 aliphatic heterocycles. The van der Waals surface area contributed by atoms with Crippen molar-refractivity contribution in [2.75, 3.05) is 13.1 Å². The van der Waals surface area contributed by atoms with Crippen LogP contribution in [0.15, 0.2) is 42.5 Å². The summed E-state index contributed by atoms with van der Waals surface area (Å²) in [7, 11) is 0. The van der Waals surface area contributed by atoms with E-state index in [1.54, 1.807) is 20.8 Å². The summed E-state index contributed by atoms with van der Waals surface area (Å²) < 4.78 is 5.52. The molecular formula is C25H34N2O6. The van der Waals surface area contributed by atoms with Gasteiger partial charge in [-0.25, -0.2) is 14.4 Å². The van der Waals surface area contributed by atoms with E-state index in [0.717, 1.165) is 16.3 Å². The molecule has 8 heteroatoms. The number of fused-ring (bicyclic) bond motifs is 1. The van der Waals surface area contributed by atoms with Crippen LogP contribution in [0.5, 0.6) is 0 Å². The molecular weight excluding hydrogens is 424 g/mol. The van der Waals surface area contributed by atoms with Crippen molar-refractivity contribution >= 4 is 28.7 Å². The first kappa shape index (κ1) is 26.1. The van der Waals surface area contributed by atoms with E-state index in [2.05, 4.69) is 5.32 Å². The number of hydrogen-bond donors (Lipinski definition) is 3. The predicted octanol–water partition coefficient (Wildman–Crippen LogP) is 3.21. The molecule has 0 heterocycles. The van der Waals surface area contributed by atoms with Gasteiger partial charge in [0.15, 0.2) is 6.10 Å². The molecule has 2 aromatic carbocycles. The van der Waals surface area contributed by atoms with Crippen LogP contribution in [0.3, 0.4) is 0 Å². The standard InChI is InChI=1S/C25H34N2O6/c1-16(2)14-27(15-21(28)22(29)30)24(32)26-20(23(31)33-25(3,4)5)13-17-10-11-18-8-6-7-9-19(18)12-17/h6-12,16,20-21,28H,13-15H2,1-5H3,(H,26,32)(H,29,30)/t20-,21?/m0/s1. The van der Waals surface area contributed by atoms with Crippen LogP contribution in [0.25, 0.3) is 10.8 Å². The van der Waals surface area contributed by atoms with Gasteiger partial charge in [-0.05, 0) is 43.0 Å². The largest absolute Gasteiger partial charge is 0.479 e. The molecule has 180 valence electrons. The van der Waals surface area contributed by atoms with Gasteiger partial charge in [0, 0.05) is 13.0 Å². The third-order valence-corrected chi connectivity index (χ3v) is 4.79. The van der Waals surface area contributed by atoms with Gasteiger partial charge >= 0.3 is 18.0 Å². The van der Waals surface area contributed by atoms with Crippen LogP contribution in [0.1, 0.15) is 40.2 Å². The topological polar surface area (TPSA) is 116 Å². The molecule has 0 aliphatic carbocycles. The maximum Gasteiger partial charge on any atom is 0.334 e. The molecule has 0 fully saturated rings. The van der Waals surface area contributed by atoms with Gasteiger partial charge in [-0.2, -0.15) is 0 Å². The second-order valence-electron chi connectivity index (χ2n) is 9.57. The van der Waals surface area contributed by atoms with Crippen LogP contribution < -0.4 is 5.32 Å². The van der Waals surface area contributed by atoms with E-state index in [-0.39, 0.29) is 18.9 Å². The number of carbonyl (C=O) groups is 3. The highest BCUT2D eigenvalue weighted by molar-refractivity contribution is 5.86. The van der Waals surface area contributed by atoms with Crippen LogP contribution in [0, 0.1) is 5.92 Å². The zero-order chi connectivity index (χ0) is 24.8. The summed E-state index contributed by atoms with van der Waals surface area (Å²) in [5.74, 6) is -1.99. The minimum absolute atomic E-state index is 0.0252. The van der Waals surface area contributed by atoms with Crippen LogP contribution in [-0.4, -0.2) is 63.9 Å². The number of amides is 2. The van der Waals surface area contributed by atoms with E-state index in [1.165, 1.54) is 4.90 Å². The van der Waals surface area contributed by atoms with Crippen molar-refractivity contribution < 1.29 is 29.3 Å². The van der Waals surface area contributed by atoms with Gasteiger partial charge in [0.25, 0.3) is 0 Å². The highest BCUT2D eigenvalue weighted by Gasteiger charge is 2.30. The second kappa shape index (κ2) is 11.1. The summed E-state index contributed by atoms with van der Waals surface area (Å²) in [5.41, 5.74) is 0.0893.